The summed E-state index contributed by atoms with van der Waals surface area (Å²) in [7, 11) is 0. The second-order valence-electron chi connectivity index (χ2n) is 12.6. The molecule has 8 aromatic rings. The van der Waals surface area contributed by atoms with Crippen molar-refractivity contribution in [1.29, 1.82) is 0 Å². The number of fused-ring (bicyclic) bond motifs is 4. The number of hydrogen-bond acceptors (Lipinski definition) is 2. The summed E-state index contributed by atoms with van der Waals surface area (Å²) in [6, 6.07) is 66.9. The first-order valence-electron chi connectivity index (χ1n) is 20.9. The molecule has 8 rings (SSSR count). The molecule has 8 aromatic carbocycles. The fourth-order valence-electron chi connectivity index (χ4n) is 4.53. The zero-order valence-corrected chi connectivity index (χ0v) is 37.7. The largest absolute Gasteiger partial charge is 0.300 e. The van der Waals surface area contributed by atoms with Crippen LogP contribution in [0.5, 0.6) is 0 Å². The Balaban J connectivity index is 0. The Morgan fingerprint density at radius 3 is 0.362 bits per heavy atom. The maximum atomic E-state index is 9.44. The molecule has 0 N–H and O–H groups in total. The Morgan fingerprint density at radius 2 is 0.310 bits per heavy atom. The van der Waals surface area contributed by atoms with Gasteiger partial charge in [-0.2, -0.15) is 0 Å². The number of benzene rings is 8. The van der Waals surface area contributed by atoms with Crippen molar-refractivity contribution in [3.05, 3.63) is 194 Å². The van der Waals surface area contributed by atoms with Gasteiger partial charge in [-0.25, -0.2) is 0 Å². The van der Waals surface area contributed by atoms with E-state index in [2.05, 4.69) is 222 Å². The van der Waals surface area contributed by atoms with Gasteiger partial charge in [-0.1, -0.05) is 262 Å². The van der Waals surface area contributed by atoms with Crippen molar-refractivity contribution in [2.24, 2.45) is 0 Å². The zero-order chi connectivity index (χ0) is 43.8. The van der Waals surface area contributed by atoms with Crippen molar-refractivity contribution in [2.45, 2.75) is 95.9 Å². The van der Waals surface area contributed by atoms with E-state index in [9.17, 15) is 9.59 Å². The van der Waals surface area contributed by atoms with E-state index < -0.39 is 0 Å². The predicted molar refractivity (Wildman–Crippen MR) is 263 cm³/mol. The van der Waals surface area contributed by atoms with Gasteiger partial charge in [-0.3, -0.25) is 0 Å². The first-order chi connectivity index (χ1) is 28.2. The summed E-state index contributed by atoms with van der Waals surface area (Å²) in [5.41, 5.74) is 0. The number of carbonyl (C=O) groups excluding carboxylic acids is 2. The van der Waals surface area contributed by atoms with Crippen LogP contribution < -0.4 is 0 Å². The Bertz CT molecular complexity index is 1590. The van der Waals surface area contributed by atoms with E-state index in [0.29, 0.717) is 0 Å². The molecule has 2 heteroatoms. The van der Waals surface area contributed by atoms with Crippen molar-refractivity contribution in [3.63, 3.8) is 0 Å². The Labute approximate surface area is 353 Å². The average Bonchev–Trinajstić information content (AvgIpc) is 3.26. The SMILES string of the molecule is CC.CC.CC(C)=O.CC(C)=O.CCC.CCC.c1ccc2ccccc2c1.c1ccc2ccccc2c1.c1ccc2ccccc2c1.c1ccc2ccccc2c1. The molecule has 0 amide bonds. The molecule has 0 aliphatic carbocycles. The van der Waals surface area contributed by atoms with Gasteiger partial charge in [0.1, 0.15) is 11.6 Å². The van der Waals surface area contributed by atoms with Crippen LogP contribution in [-0.4, -0.2) is 11.6 Å². The van der Waals surface area contributed by atoms with E-state index in [-0.39, 0.29) is 11.6 Å². The van der Waals surface area contributed by atoms with Crippen LogP contribution in [0.3, 0.4) is 0 Å². The molecule has 0 aliphatic rings. The molecular formula is C56H72O2. The van der Waals surface area contributed by atoms with E-state index in [1.807, 2.05) is 27.7 Å². The van der Waals surface area contributed by atoms with E-state index >= 15 is 0 Å². The third-order valence-electron chi connectivity index (χ3n) is 6.63. The van der Waals surface area contributed by atoms with Gasteiger partial charge in [0.15, 0.2) is 0 Å². The molecule has 0 aliphatic heterocycles. The van der Waals surface area contributed by atoms with Crippen molar-refractivity contribution < 1.29 is 9.59 Å². The number of ketones is 2. The van der Waals surface area contributed by atoms with Gasteiger partial charge in [0, 0.05) is 0 Å². The number of Topliss-reactive ketones (excluding diaryl/α,β-unsaturated/α-hetero) is 2. The van der Waals surface area contributed by atoms with E-state index in [0.717, 1.165) is 0 Å². The molecule has 0 fully saturated rings. The summed E-state index contributed by atoms with van der Waals surface area (Å²) >= 11 is 0. The predicted octanol–water partition coefficient (Wildman–Crippen LogP) is 17.4. The minimum atomic E-state index is 0.167. The molecule has 2 nitrogen and oxygen atoms in total. The maximum absolute atomic E-state index is 9.44. The standard InChI is InChI=1S/4C10H8.2C3H6O.2C3H8.2C2H6/c4*1-2-6-10-8-4-3-7-9(10)5-1;2*1-3(2)4;2*1-3-2;2*1-2/h4*1-8H;2*1-2H3;2*3H2,1-2H3;2*1-2H3. The van der Waals surface area contributed by atoms with E-state index in [4.69, 9.17) is 0 Å². The van der Waals surface area contributed by atoms with Crippen LogP contribution in [0.15, 0.2) is 194 Å². The minimum absolute atomic E-state index is 0.167. The third-order valence-corrected chi connectivity index (χ3v) is 6.63. The molecule has 0 aromatic heterocycles. The summed E-state index contributed by atoms with van der Waals surface area (Å²) in [5.74, 6) is 0.333. The molecule has 0 spiro atoms. The monoisotopic (exact) mass is 777 g/mol. The van der Waals surface area contributed by atoms with Gasteiger partial charge in [-0.15, -0.1) is 0 Å². The first kappa shape index (κ1) is 54.2. The molecule has 0 radical (unpaired) electrons. The van der Waals surface area contributed by atoms with Gasteiger partial charge >= 0.3 is 0 Å². The summed E-state index contributed by atoms with van der Waals surface area (Å²) in [4.78, 5) is 18.9. The molecule has 58 heavy (non-hydrogen) atoms. The van der Waals surface area contributed by atoms with Crippen LogP contribution in [-0.2, 0) is 9.59 Å². The third kappa shape index (κ3) is 27.7. The van der Waals surface area contributed by atoms with Crippen LogP contribution in [0.2, 0.25) is 0 Å². The van der Waals surface area contributed by atoms with Crippen LogP contribution >= 0.6 is 0 Å². The Morgan fingerprint density at radius 1 is 0.259 bits per heavy atom. The smallest absolute Gasteiger partial charge is 0.126 e. The summed E-state index contributed by atoms with van der Waals surface area (Å²) in [6.07, 6.45) is 2.50. The van der Waals surface area contributed by atoms with Crippen molar-refractivity contribution in [2.75, 3.05) is 0 Å². The fraction of sp³-hybridized carbons (Fsp3) is 0.250. The van der Waals surface area contributed by atoms with Crippen molar-refractivity contribution in [1.82, 2.24) is 0 Å². The molecule has 0 unspecified atom stereocenters. The lowest BCUT2D eigenvalue weighted by atomic mass is 10.1. The van der Waals surface area contributed by atoms with Gasteiger partial charge in [0.25, 0.3) is 0 Å². The number of carbonyl (C=O) groups is 2. The van der Waals surface area contributed by atoms with Crippen LogP contribution in [0.4, 0.5) is 0 Å². The molecular weight excluding hydrogens is 705 g/mol. The van der Waals surface area contributed by atoms with Gasteiger partial charge < -0.3 is 9.59 Å². The molecule has 0 saturated heterocycles. The zero-order valence-electron chi connectivity index (χ0n) is 37.7. The second-order valence-corrected chi connectivity index (χ2v) is 12.6. The topological polar surface area (TPSA) is 34.1 Å². The number of hydrogen-bond donors (Lipinski definition) is 0. The molecule has 308 valence electrons. The second kappa shape index (κ2) is 38.0. The average molecular weight is 777 g/mol. The quantitative estimate of drug-likeness (QED) is 0.154. The normalized spacial score (nSPS) is 8.62. The molecule has 0 atom stereocenters. The van der Waals surface area contributed by atoms with Crippen molar-refractivity contribution in [3.8, 4) is 0 Å². The Kier molecular flexibility index (Phi) is 35.6. The van der Waals surface area contributed by atoms with Gasteiger partial charge in [-0.05, 0) is 70.8 Å². The lowest BCUT2D eigenvalue weighted by Gasteiger charge is -1.92. The molecule has 0 bridgehead atoms. The van der Waals surface area contributed by atoms with Crippen molar-refractivity contribution >= 4 is 54.7 Å². The maximum Gasteiger partial charge on any atom is 0.126 e. The van der Waals surface area contributed by atoms with Crippen LogP contribution in [0.25, 0.3) is 43.1 Å². The minimum Gasteiger partial charge on any atom is -0.300 e. The van der Waals surface area contributed by atoms with E-state index in [1.54, 1.807) is 0 Å². The van der Waals surface area contributed by atoms with Crippen LogP contribution in [0.1, 0.15) is 95.9 Å². The lowest BCUT2D eigenvalue weighted by Crippen LogP contribution is -1.69. The highest BCUT2D eigenvalue weighted by Crippen LogP contribution is 2.13. The first-order valence-corrected chi connectivity index (χ1v) is 20.9. The molecule has 0 heterocycles. The van der Waals surface area contributed by atoms with Gasteiger partial charge in [0.05, 0.1) is 0 Å². The lowest BCUT2D eigenvalue weighted by molar-refractivity contribution is -0.115. The van der Waals surface area contributed by atoms with Crippen LogP contribution in [0, 0.1) is 0 Å². The highest BCUT2D eigenvalue weighted by atomic mass is 16.1. The summed E-state index contributed by atoms with van der Waals surface area (Å²) in [5, 5.41) is 10.5. The van der Waals surface area contributed by atoms with Gasteiger partial charge in [0.2, 0.25) is 0 Å². The highest BCUT2D eigenvalue weighted by molar-refractivity contribution is 5.84. The molecule has 0 saturated carbocycles. The highest BCUT2D eigenvalue weighted by Gasteiger charge is 1.88. The summed E-state index contributed by atoms with van der Waals surface area (Å²) < 4.78 is 0. The summed E-state index contributed by atoms with van der Waals surface area (Å²) in [6.45, 7) is 22.6. The fourth-order valence-corrected chi connectivity index (χ4v) is 4.53. The number of rotatable bonds is 0. The van der Waals surface area contributed by atoms with E-state index in [1.165, 1.54) is 83.6 Å². The Hall–Kier alpha value is -5.86.